The smallest absolute Gasteiger partial charge is 0.255 e. The molecule has 2 N–H and O–H groups in total. The van der Waals surface area contributed by atoms with Crippen molar-refractivity contribution >= 4 is 23.2 Å². The van der Waals surface area contributed by atoms with Crippen LogP contribution in [0.5, 0.6) is 5.75 Å². The highest BCUT2D eigenvalue weighted by Gasteiger charge is 2.08. The Bertz CT molecular complexity index is 660. The van der Waals surface area contributed by atoms with Crippen LogP contribution >= 0.6 is 11.6 Å². The summed E-state index contributed by atoms with van der Waals surface area (Å²) in [6.07, 6.45) is 0. The monoisotopic (exact) mass is 272 g/mol. The van der Waals surface area contributed by atoms with E-state index in [2.05, 4.69) is 5.32 Å². The van der Waals surface area contributed by atoms with Gasteiger partial charge >= 0.3 is 0 Å². The van der Waals surface area contributed by atoms with E-state index < -0.39 is 0 Å². The number of carbonyl (C=O) groups is 1. The van der Waals surface area contributed by atoms with E-state index in [0.717, 1.165) is 0 Å². The van der Waals surface area contributed by atoms with E-state index in [4.69, 9.17) is 22.0 Å². The lowest BCUT2D eigenvalue weighted by molar-refractivity contribution is 0.102. The van der Waals surface area contributed by atoms with Crippen LogP contribution in [0.15, 0.2) is 42.5 Å². The molecule has 5 heteroatoms. The van der Waals surface area contributed by atoms with Gasteiger partial charge in [0.25, 0.3) is 5.91 Å². The molecule has 0 bridgehead atoms. The van der Waals surface area contributed by atoms with Gasteiger partial charge in [-0.1, -0.05) is 11.6 Å². The number of benzene rings is 2. The molecule has 0 saturated heterocycles. The summed E-state index contributed by atoms with van der Waals surface area (Å²) in [5, 5.41) is 20.8. The number of hydrogen-bond donors (Lipinski definition) is 2. The minimum absolute atomic E-state index is 0.0907. The highest BCUT2D eigenvalue weighted by atomic mass is 35.5. The van der Waals surface area contributed by atoms with Crippen molar-refractivity contribution in [2.45, 2.75) is 0 Å². The topological polar surface area (TPSA) is 73.1 Å². The zero-order chi connectivity index (χ0) is 13.8. The summed E-state index contributed by atoms with van der Waals surface area (Å²) in [5.74, 6) is -0.250. The van der Waals surface area contributed by atoms with Crippen molar-refractivity contribution < 1.29 is 9.90 Å². The normalized spacial score (nSPS) is 9.68. The van der Waals surface area contributed by atoms with Crippen LogP contribution in [-0.2, 0) is 0 Å². The Kier molecular flexibility index (Phi) is 3.69. The number of amides is 1. The number of aromatic hydroxyl groups is 1. The molecule has 0 unspecified atom stereocenters. The van der Waals surface area contributed by atoms with Gasteiger partial charge in [-0.2, -0.15) is 5.26 Å². The van der Waals surface area contributed by atoms with Crippen molar-refractivity contribution in [3.8, 4) is 11.8 Å². The quantitative estimate of drug-likeness (QED) is 0.882. The molecular formula is C14H9ClN2O2. The minimum atomic E-state index is -0.341. The van der Waals surface area contributed by atoms with Crippen LogP contribution in [0.4, 0.5) is 5.69 Å². The number of halogens is 1. The van der Waals surface area contributed by atoms with Gasteiger partial charge in [0, 0.05) is 5.56 Å². The van der Waals surface area contributed by atoms with Crippen molar-refractivity contribution in [1.29, 1.82) is 5.26 Å². The molecule has 1 amide bonds. The predicted molar refractivity (Wildman–Crippen MR) is 72.2 cm³/mol. The summed E-state index contributed by atoms with van der Waals surface area (Å²) in [5.41, 5.74) is 1.25. The van der Waals surface area contributed by atoms with Gasteiger partial charge in [0.2, 0.25) is 0 Å². The number of rotatable bonds is 2. The van der Waals surface area contributed by atoms with E-state index in [1.807, 2.05) is 6.07 Å². The Hall–Kier alpha value is -2.51. The van der Waals surface area contributed by atoms with Crippen LogP contribution in [0.3, 0.4) is 0 Å². The fourth-order valence-corrected chi connectivity index (χ4v) is 1.72. The molecule has 0 aliphatic carbocycles. The molecule has 0 atom stereocenters. The van der Waals surface area contributed by atoms with E-state index in [-0.39, 0.29) is 11.7 Å². The SMILES string of the molecule is N#Cc1ccc(NC(=O)c2ccc(O)cc2)c(Cl)c1. The first-order chi connectivity index (χ1) is 9.10. The average Bonchev–Trinajstić information content (AvgIpc) is 2.41. The number of anilines is 1. The second-order valence-corrected chi connectivity index (χ2v) is 4.21. The average molecular weight is 273 g/mol. The summed E-state index contributed by atoms with van der Waals surface area (Å²) >= 11 is 5.96. The summed E-state index contributed by atoms with van der Waals surface area (Å²) in [7, 11) is 0. The molecular weight excluding hydrogens is 264 g/mol. The molecule has 2 aromatic rings. The van der Waals surface area contributed by atoms with E-state index in [1.54, 1.807) is 12.1 Å². The van der Waals surface area contributed by atoms with E-state index >= 15 is 0 Å². The number of phenolic OH excluding ortho intramolecular Hbond substituents is 1. The highest BCUT2D eigenvalue weighted by molar-refractivity contribution is 6.34. The lowest BCUT2D eigenvalue weighted by Gasteiger charge is -2.07. The minimum Gasteiger partial charge on any atom is -0.508 e. The fourth-order valence-electron chi connectivity index (χ4n) is 1.49. The Labute approximate surface area is 114 Å². The Morgan fingerprint density at radius 3 is 2.47 bits per heavy atom. The van der Waals surface area contributed by atoms with Gasteiger partial charge in [-0.25, -0.2) is 0 Å². The maximum absolute atomic E-state index is 11.9. The zero-order valence-electron chi connectivity index (χ0n) is 9.72. The molecule has 2 rings (SSSR count). The van der Waals surface area contributed by atoms with Gasteiger partial charge in [0.15, 0.2) is 0 Å². The first-order valence-electron chi connectivity index (χ1n) is 5.40. The number of nitrogens with zero attached hydrogens (tertiary/aromatic N) is 1. The molecule has 0 fully saturated rings. The second-order valence-electron chi connectivity index (χ2n) is 3.81. The lowest BCUT2D eigenvalue weighted by atomic mass is 10.2. The molecule has 19 heavy (non-hydrogen) atoms. The zero-order valence-corrected chi connectivity index (χ0v) is 10.5. The first-order valence-corrected chi connectivity index (χ1v) is 5.78. The standard InChI is InChI=1S/C14H9ClN2O2/c15-12-7-9(8-16)1-6-13(12)17-14(19)10-2-4-11(18)5-3-10/h1-7,18H,(H,17,19). The van der Waals surface area contributed by atoms with Crippen molar-refractivity contribution in [3.63, 3.8) is 0 Å². The molecule has 0 heterocycles. The second kappa shape index (κ2) is 5.42. The van der Waals surface area contributed by atoms with Gasteiger partial charge in [-0.3, -0.25) is 4.79 Å². The van der Waals surface area contributed by atoms with Gasteiger partial charge in [0.05, 0.1) is 22.3 Å². The fraction of sp³-hybridized carbons (Fsp3) is 0. The molecule has 0 aliphatic heterocycles. The lowest BCUT2D eigenvalue weighted by Crippen LogP contribution is -2.11. The highest BCUT2D eigenvalue weighted by Crippen LogP contribution is 2.23. The third-order valence-corrected chi connectivity index (χ3v) is 2.79. The molecule has 0 saturated carbocycles. The van der Waals surface area contributed by atoms with Crippen LogP contribution in [0, 0.1) is 11.3 Å². The third-order valence-electron chi connectivity index (χ3n) is 2.48. The van der Waals surface area contributed by atoms with Crippen molar-refractivity contribution in [1.82, 2.24) is 0 Å². The Balaban J connectivity index is 2.20. The maximum atomic E-state index is 11.9. The molecule has 0 radical (unpaired) electrons. The van der Waals surface area contributed by atoms with Gasteiger partial charge in [-0.15, -0.1) is 0 Å². The maximum Gasteiger partial charge on any atom is 0.255 e. The van der Waals surface area contributed by atoms with Gasteiger partial charge < -0.3 is 10.4 Å². The van der Waals surface area contributed by atoms with Crippen molar-refractivity contribution in [2.24, 2.45) is 0 Å². The number of hydrogen-bond acceptors (Lipinski definition) is 3. The van der Waals surface area contributed by atoms with E-state index in [0.29, 0.717) is 21.8 Å². The van der Waals surface area contributed by atoms with E-state index in [1.165, 1.54) is 30.3 Å². The van der Waals surface area contributed by atoms with E-state index in [9.17, 15) is 4.79 Å². The summed E-state index contributed by atoms with van der Waals surface area (Å²) in [6, 6.07) is 12.4. The summed E-state index contributed by atoms with van der Waals surface area (Å²) in [6.45, 7) is 0. The van der Waals surface area contributed by atoms with Crippen molar-refractivity contribution in [3.05, 3.63) is 58.6 Å². The summed E-state index contributed by atoms with van der Waals surface area (Å²) < 4.78 is 0. The number of carbonyl (C=O) groups excluding carboxylic acids is 1. The molecule has 0 spiro atoms. The number of phenols is 1. The number of nitriles is 1. The van der Waals surface area contributed by atoms with Crippen LogP contribution in [0.2, 0.25) is 5.02 Å². The summed E-state index contributed by atoms with van der Waals surface area (Å²) in [4.78, 5) is 11.9. The largest absolute Gasteiger partial charge is 0.508 e. The molecule has 2 aromatic carbocycles. The van der Waals surface area contributed by atoms with Crippen LogP contribution in [0.25, 0.3) is 0 Å². The molecule has 0 aliphatic rings. The van der Waals surface area contributed by atoms with Crippen LogP contribution in [-0.4, -0.2) is 11.0 Å². The van der Waals surface area contributed by atoms with Gasteiger partial charge in [-0.05, 0) is 42.5 Å². The molecule has 4 nitrogen and oxygen atoms in total. The van der Waals surface area contributed by atoms with Crippen LogP contribution in [0.1, 0.15) is 15.9 Å². The first kappa shape index (κ1) is 12.9. The van der Waals surface area contributed by atoms with Crippen LogP contribution < -0.4 is 5.32 Å². The third kappa shape index (κ3) is 3.03. The molecule has 94 valence electrons. The molecule has 0 aromatic heterocycles. The predicted octanol–water partition coefficient (Wildman–Crippen LogP) is 3.17. The number of nitrogens with one attached hydrogen (secondary N) is 1. The van der Waals surface area contributed by atoms with Gasteiger partial charge in [0.1, 0.15) is 5.75 Å². The Morgan fingerprint density at radius 2 is 1.89 bits per heavy atom. The Morgan fingerprint density at radius 1 is 1.21 bits per heavy atom. The van der Waals surface area contributed by atoms with Crippen molar-refractivity contribution in [2.75, 3.05) is 5.32 Å².